The molecule has 3 rings (SSSR count). The summed E-state index contributed by atoms with van der Waals surface area (Å²) in [6.07, 6.45) is 8.57. The largest absolute Gasteiger partial charge is 0.328 e. The van der Waals surface area contributed by atoms with Crippen molar-refractivity contribution in [2.75, 3.05) is 6.54 Å². The standard InChI is InChI=1S/C15H25N3/c1-11(2)17-9-5-8-14(17)15-16-10-13-7-4-6-12(3)18(13)15/h10-12,14H,4-9H2,1-3H3. The zero-order chi connectivity index (χ0) is 12.7. The predicted octanol–water partition coefficient (Wildman–Crippen LogP) is 3.33. The number of nitrogens with zero attached hydrogens (tertiary/aromatic N) is 3. The number of aromatic nitrogens is 2. The smallest absolute Gasteiger partial charge is 0.126 e. The van der Waals surface area contributed by atoms with Crippen LogP contribution in [0.1, 0.15) is 70.1 Å². The lowest BCUT2D eigenvalue weighted by Gasteiger charge is -2.31. The summed E-state index contributed by atoms with van der Waals surface area (Å²) in [5.41, 5.74) is 1.46. The number of hydrogen-bond donors (Lipinski definition) is 0. The molecule has 0 bridgehead atoms. The van der Waals surface area contributed by atoms with Gasteiger partial charge in [0.25, 0.3) is 0 Å². The SMILES string of the molecule is CC(C)N1CCCC1c1ncc2n1C(C)CCC2. The van der Waals surface area contributed by atoms with E-state index < -0.39 is 0 Å². The molecule has 100 valence electrons. The van der Waals surface area contributed by atoms with Gasteiger partial charge in [-0.2, -0.15) is 0 Å². The maximum absolute atomic E-state index is 4.78. The highest BCUT2D eigenvalue weighted by Crippen LogP contribution is 2.36. The Morgan fingerprint density at radius 1 is 1.28 bits per heavy atom. The molecule has 2 unspecified atom stereocenters. The van der Waals surface area contributed by atoms with E-state index in [1.807, 2.05) is 0 Å². The fourth-order valence-corrected chi connectivity index (χ4v) is 3.74. The van der Waals surface area contributed by atoms with Crippen molar-refractivity contribution in [2.24, 2.45) is 0 Å². The lowest BCUT2D eigenvalue weighted by Crippen LogP contribution is -2.32. The molecule has 1 fully saturated rings. The normalized spacial score (nSPS) is 28.9. The first-order chi connectivity index (χ1) is 8.68. The van der Waals surface area contributed by atoms with E-state index in [1.165, 1.54) is 50.2 Å². The lowest BCUT2D eigenvalue weighted by molar-refractivity contribution is 0.191. The van der Waals surface area contributed by atoms with Crippen LogP contribution in [0.4, 0.5) is 0 Å². The average molecular weight is 247 g/mol. The van der Waals surface area contributed by atoms with Crippen LogP contribution >= 0.6 is 0 Å². The third-order valence-corrected chi connectivity index (χ3v) is 4.65. The highest BCUT2D eigenvalue weighted by molar-refractivity contribution is 5.14. The van der Waals surface area contributed by atoms with E-state index in [-0.39, 0.29) is 0 Å². The van der Waals surface area contributed by atoms with Crippen LogP contribution in [0.15, 0.2) is 6.20 Å². The quantitative estimate of drug-likeness (QED) is 0.799. The van der Waals surface area contributed by atoms with E-state index in [9.17, 15) is 0 Å². The molecule has 0 saturated carbocycles. The molecule has 0 spiro atoms. The Kier molecular flexibility index (Phi) is 3.18. The van der Waals surface area contributed by atoms with Crippen molar-refractivity contribution < 1.29 is 0 Å². The van der Waals surface area contributed by atoms with Crippen molar-refractivity contribution in [1.29, 1.82) is 0 Å². The fourth-order valence-electron chi connectivity index (χ4n) is 3.74. The van der Waals surface area contributed by atoms with Gasteiger partial charge in [0.05, 0.1) is 6.04 Å². The maximum Gasteiger partial charge on any atom is 0.126 e. The molecule has 2 atom stereocenters. The summed E-state index contributed by atoms with van der Waals surface area (Å²) in [4.78, 5) is 7.41. The van der Waals surface area contributed by atoms with Gasteiger partial charge in [0.2, 0.25) is 0 Å². The van der Waals surface area contributed by atoms with E-state index in [0.717, 1.165) is 0 Å². The minimum Gasteiger partial charge on any atom is -0.328 e. The Morgan fingerprint density at radius 3 is 2.89 bits per heavy atom. The number of likely N-dealkylation sites (tertiary alicyclic amines) is 1. The number of hydrogen-bond acceptors (Lipinski definition) is 2. The monoisotopic (exact) mass is 247 g/mol. The summed E-state index contributed by atoms with van der Waals surface area (Å²) in [7, 11) is 0. The third kappa shape index (κ3) is 1.89. The van der Waals surface area contributed by atoms with Crippen LogP contribution in [-0.2, 0) is 6.42 Å². The third-order valence-electron chi connectivity index (χ3n) is 4.65. The summed E-state index contributed by atoms with van der Waals surface area (Å²) < 4.78 is 2.54. The van der Waals surface area contributed by atoms with Gasteiger partial charge < -0.3 is 4.57 Å². The highest BCUT2D eigenvalue weighted by atomic mass is 15.3. The zero-order valence-corrected chi connectivity index (χ0v) is 11.9. The van der Waals surface area contributed by atoms with Crippen LogP contribution in [0, 0.1) is 0 Å². The average Bonchev–Trinajstić information content (AvgIpc) is 2.94. The van der Waals surface area contributed by atoms with Gasteiger partial charge in [0, 0.05) is 24.0 Å². The maximum atomic E-state index is 4.78. The van der Waals surface area contributed by atoms with E-state index in [1.54, 1.807) is 0 Å². The second kappa shape index (κ2) is 4.69. The molecule has 0 N–H and O–H groups in total. The van der Waals surface area contributed by atoms with Crippen molar-refractivity contribution in [3.05, 3.63) is 17.7 Å². The van der Waals surface area contributed by atoms with Gasteiger partial charge in [-0.1, -0.05) is 0 Å². The molecule has 2 aliphatic heterocycles. The Morgan fingerprint density at radius 2 is 2.11 bits per heavy atom. The summed E-state index contributed by atoms with van der Waals surface area (Å²) in [5, 5.41) is 0. The van der Waals surface area contributed by atoms with Crippen molar-refractivity contribution in [3.8, 4) is 0 Å². The van der Waals surface area contributed by atoms with Gasteiger partial charge in [0.15, 0.2) is 0 Å². The van der Waals surface area contributed by atoms with Crippen LogP contribution in [-0.4, -0.2) is 27.0 Å². The first kappa shape index (κ1) is 12.2. The van der Waals surface area contributed by atoms with Gasteiger partial charge in [-0.05, 0) is 59.4 Å². The molecule has 1 aromatic rings. The molecule has 1 aromatic heterocycles. The van der Waals surface area contributed by atoms with E-state index in [2.05, 4.69) is 36.4 Å². The Balaban J connectivity index is 1.95. The van der Waals surface area contributed by atoms with Crippen LogP contribution in [0.5, 0.6) is 0 Å². The Hall–Kier alpha value is -0.830. The second-order valence-electron chi connectivity index (χ2n) is 6.21. The first-order valence-corrected chi connectivity index (χ1v) is 7.50. The van der Waals surface area contributed by atoms with Crippen LogP contribution in [0.3, 0.4) is 0 Å². The van der Waals surface area contributed by atoms with Crippen molar-refractivity contribution in [2.45, 2.75) is 71.0 Å². The van der Waals surface area contributed by atoms with Gasteiger partial charge in [0.1, 0.15) is 5.82 Å². The van der Waals surface area contributed by atoms with Crippen LogP contribution in [0.25, 0.3) is 0 Å². The molecule has 3 heterocycles. The summed E-state index contributed by atoms with van der Waals surface area (Å²) in [6.45, 7) is 8.20. The number of fused-ring (bicyclic) bond motifs is 1. The highest BCUT2D eigenvalue weighted by Gasteiger charge is 2.33. The minimum absolute atomic E-state index is 0.555. The minimum atomic E-state index is 0.555. The van der Waals surface area contributed by atoms with E-state index in [0.29, 0.717) is 18.1 Å². The summed E-state index contributed by atoms with van der Waals surface area (Å²) in [5.74, 6) is 1.34. The molecule has 0 amide bonds. The molecule has 3 heteroatoms. The molecular weight excluding hydrogens is 222 g/mol. The molecule has 1 saturated heterocycles. The van der Waals surface area contributed by atoms with Gasteiger partial charge >= 0.3 is 0 Å². The molecule has 0 radical (unpaired) electrons. The van der Waals surface area contributed by atoms with Crippen LogP contribution in [0.2, 0.25) is 0 Å². The molecule has 2 aliphatic rings. The fraction of sp³-hybridized carbons (Fsp3) is 0.800. The zero-order valence-electron chi connectivity index (χ0n) is 11.9. The topological polar surface area (TPSA) is 21.1 Å². The molecule has 18 heavy (non-hydrogen) atoms. The van der Waals surface area contributed by atoms with Gasteiger partial charge in [-0.15, -0.1) is 0 Å². The van der Waals surface area contributed by atoms with Gasteiger partial charge in [-0.25, -0.2) is 4.98 Å². The first-order valence-electron chi connectivity index (χ1n) is 7.50. The molecule has 0 aromatic carbocycles. The van der Waals surface area contributed by atoms with E-state index >= 15 is 0 Å². The second-order valence-corrected chi connectivity index (χ2v) is 6.21. The molecular formula is C15H25N3. The predicted molar refractivity (Wildman–Crippen MR) is 73.7 cm³/mol. The van der Waals surface area contributed by atoms with E-state index in [4.69, 9.17) is 4.98 Å². The number of imidazole rings is 1. The number of aryl methyl sites for hydroxylation is 1. The Labute approximate surface area is 110 Å². The summed E-state index contributed by atoms with van der Waals surface area (Å²) in [6, 6.07) is 1.82. The van der Waals surface area contributed by atoms with Crippen molar-refractivity contribution in [1.82, 2.24) is 14.5 Å². The van der Waals surface area contributed by atoms with Gasteiger partial charge in [-0.3, -0.25) is 4.90 Å². The van der Waals surface area contributed by atoms with Crippen molar-refractivity contribution >= 4 is 0 Å². The van der Waals surface area contributed by atoms with Crippen LogP contribution < -0.4 is 0 Å². The molecule has 0 aliphatic carbocycles. The summed E-state index contributed by atoms with van der Waals surface area (Å²) >= 11 is 0. The van der Waals surface area contributed by atoms with Crippen molar-refractivity contribution in [3.63, 3.8) is 0 Å². The molecule has 3 nitrogen and oxygen atoms in total. The lowest BCUT2D eigenvalue weighted by atomic mass is 10.0. The number of rotatable bonds is 2. The Bertz CT molecular complexity index is 421.